The summed E-state index contributed by atoms with van der Waals surface area (Å²) >= 11 is 7.43. The van der Waals surface area contributed by atoms with Gasteiger partial charge in [-0.15, -0.1) is 0 Å². The molecule has 0 unspecified atom stereocenters. The first-order chi connectivity index (χ1) is 8.16. The van der Waals surface area contributed by atoms with Gasteiger partial charge in [-0.2, -0.15) is 11.3 Å². The second-order valence-corrected chi connectivity index (χ2v) is 4.98. The molecule has 1 aromatic carbocycles. The number of carbonyl (C=O) groups excluding carboxylic acids is 1. The van der Waals surface area contributed by atoms with Crippen molar-refractivity contribution in [1.29, 1.82) is 0 Å². The third kappa shape index (κ3) is 3.08. The Balaban J connectivity index is 2.07. The summed E-state index contributed by atoms with van der Waals surface area (Å²) in [5, 5.41) is 7.34. The smallest absolute Gasteiger partial charge is 0.252 e. The molecule has 0 radical (unpaired) electrons. The Morgan fingerprint density at radius 2 is 2.24 bits per heavy atom. The lowest BCUT2D eigenvalue weighted by Gasteiger charge is -2.14. The van der Waals surface area contributed by atoms with E-state index in [1.54, 1.807) is 0 Å². The minimum absolute atomic E-state index is 0.0545. The van der Waals surface area contributed by atoms with Gasteiger partial charge in [0.1, 0.15) is 0 Å². The quantitative estimate of drug-likeness (QED) is 0.896. The highest BCUT2D eigenvalue weighted by molar-refractivity contribution is 7.08. The van der Waals surface area contributed by atoms with Crippen LogP contribution in [0.15, 0.2) is 41.1 Å². The molecule has 0 saturated carbocycles. The third-order valence-electron chi connectivity index (χ3n) is 2.48. The first-order valence-corrected chi connectivity index (χ1v) is 6.57. The van der Waals surface area contributed by atoms with E-state index in [-0.39, 0.29) is 11.9 Å². The lowest BCUT2D eigenvalue weighted by atomic mass is 10.1. The minimum Gasteiger partial charge on any atom is -0.345 e. The zero-order valence-electron chi connectivity index (χ0n) is 9.31. The first kappa shape index (κ1) is 12.1. The van der Waals surface area contributed by atoms with Crippen molar-refractivity contribution in [2.24, 2.45) is 0 Å². The third-order valence-corrected chi connectivity index (χ3v) is 3.40. The highest BCUT2D eigenvalue weighted by atomic mass is 35.5. The summed E-state index contributed by atoms with van der Waals surface area (Å²) in [6.45, 7) is 1.94. The fraction of sp³-hybridized carbons (Fsp3) is 0.154. The number of halogens is 1. The van der Waals surface area contributed by atoms with Gasteiger partial charge in [0.15, 0.2) is 0 Å². The van der Waals surface area contributed by atoms with Gasteiger partial charge in [-0.1, -0.05) is 23.7 Å². The van der Waals surface area contributed by atoms with Gasteiger partial charge < -0.3 is 5.32 Å². The lowest BCUT2D eigenvalue weighted by molar-refractivity contribution is 0.0940. The molecule has 1 aromatic heterocycles. The van der Waals surface area contributed by atoms with Crippen molar-refractivity contribution in [2.45, 2.75) is 13.0 Å². The molecule has 88 valence electrons. The van der Waals surface area contributed by atoms with Gasteiger partial charge in [0.2, 0.25) is 0 Å². The number of benzene rings is 1. The fourth-order valence-corrected chi connectivity index (χ4v) is 2.37. The fourth-order valence-electron chi connectivity index (χ4n) is 1.53. The van der Waals surface area contributed by atoms with Gasteiger partial charge >= 0.3 is 0 Å². The molecule has 4 heteroatoms. The average molecular weight is 266 g/mol. The molecule has 0 spiro atoms. The highest BCUT2D eigenvalue weighted by Crippen LogP contribution is 2.18. The molecule has 2 aromatic rings. The van der Waals surface area contributed by atoms with Crippen LogP contribution in [0.4, 0.5) is 0 Å². The Labute approximate surface area is 109 Å². The van der Waals surface area contributed by atoms with Crippen molar-refractivity contribution in [3.63, 3.8) is 0 Å². The summed E-state index contributed by atoms with van der Waals surface area (Å²) in [6.07, 6.45) is 0. The van der Waals surface area contributed by atoms with E-state index in [4.69, 9.17) is 11.6 Å². The largest absolute Gasteiger partial charge is 0.345 e. The Morgan fingerprint density at radius 1 is 1.41 bits per heavy atom. The van der Waals surface area contributed by atoms with Crippen LogP contribution in [-0.4, -0.2) is 5.91 Å². The molecule has 1 amide bonds. The van der Waals surface area contributed by atoms with Crippen LogP contribution in [0.5, 0.6) is 0 Å². The van der Waals surface area contributed by atoms with Crippen molar-refractivity contribution in [2.75, 3.05) is 0 Å². The van der Waals surface area contributed by atoms with E-state index in [1.165, 1.54) is 11.3 Å². The maximum Gasteiger partial charge on any atom is 0.252 e. The van der Waals surface area contributed by atoms with Gasteiger partial charge in [0.05, 0.1) is 11.6 Å². The van der Waals surface area contributed by atoms with Crippen LogP contribution in [0, 0.1) is 0 Å². The summed E-state index contributed by atoms with van der Waals surface area (Å²) in [5.41, 5.74) is 1.70. The summed E-state index contributed by atoms with van der Waals surface area (Å²) in [6, 6.07) is 9.26. The molecule has 1 N–H and O–H groups in total. The number of carbonyl (C=O) groups is 1. The Bertz CT molecular complexity index is 510. The van der Waals surface area contributed by atoms with Crippen molar-refractivity contribution < 1.29 is 4.79 Å². The summed E-state index contributed by atoms with van der Waals surface area (Å²) in [7, 11) is 0. The van der Waals surface area contributed by atoms with Gasteiger partial charge in [0, 0.05) is 10.4 Å². The number of amides is 1. The summed E-state index contributed by atoms with van der Waals surface area (Å²) in [4.78, 5) is 11.8. The molecular formula is C13H12ClNOS. The van der Waals surface area contributed by atoms with E-state index in [0.717, 1.165) is 5.56 Å². The molecular weight excluding hydrogens is 254 g/mol. The minimum atomic E-state index is -0.0567. The highest BCUT2D eigenvalue weighted by Gasteiger charge is 2.11. The van der Waals surface area contributed by atoms with Crippen molar-refractivity contribution in [3.05, 3.63) is 57.2 Å². The Hall–Kier alpha value is -1.32. The van der Waals surface area contributed by atoms with Crippen LogP contribution < -0.4 is 5.32 Å². The van der Waals surface area contributed by atoms with Crippen LogP contribution in [0.1, 0.15) is 28.9 Å². The molecule has 1 heterocycles. The van der Waals surface area contributed by atoms with Crippen molar-refractivity contribution >= 4 is 28.8 Å². The predicted molar refractivity (Wildman–Crippen MR) is 71.7 cm³/mol. The Kier molecular flexibility index (Phi) is 3.82. The molecule has 0 saturated heterocycles. The maximum atomic E-state index is 11.8. The number of nitrogens with one attached hydrogen (secondary N) is 1. The average Bonchev–Trinajstić information content (AvgIpc) is 2.82. The second kappa shape index (κ2) is 5.34. The lowest BCUT2D eigenvalue weighted by Crippen LogP contribution is -2.26. The standard InChI is InChI=1S/C13H12ClNOS/c1-9(10-3-2-4-12(14)7-10)15-13(16)11-5-6-17-8-11/h2-9H,1H3,(H,15,16)/t9-/m1/s1. The van der Waals surface area contributed by atoms with E-state index in [2.05, 4.69) is 5.32 Å². The molecule has 2 rings (SSSR count). The summed E-state index contributed by atoms with van der Waals surface area (Å²) in [5.74, 6) is -0.0567. The van der Waals surface area contributed by atoms with Crippen LogP contribution in [0.3, 0.4) is 0 Å². The zero-order chi connectivity index (χ0) is 12.3. The molecule has 17 heavy (non-hydrogen) atoms. The molecule has 0 fully saturated rings. The van der Waals surface area contributed by atoms with E-state index in [9.17, 15) is 4.79 Å². The van der Waals surface area contributed by atoms with Gasteiger partial charge in [0.25, 0.3) is 5.91 Å². The van der Waals surface area contributed by atoms with E-state index < -0.39 is 0 Å². The molecule has 0 aliphatic carbocycles. The van der Waals surface area contributed by atoms with Crippen LogP contribution in [0.2, 0.25) is 5.02 Å². The van der Waals surface area contributed by atoms with E-state index >= 15 is 0 Å². The summed E-state index contributed by atoms with van der Waals surface area (Å²) < 4.78 is 0. The van der Waals surface area contributed by atoms with Gasteiger partial charge in [-0.25, -0.2) is 0 Å². The van der Waals surface area contributed by atoms with Gasteiger partial charge in [-0.3, -0.25) is 4.79 Å². The molecule has 0 aliphatic rings. The monoisotopic (exact) mass is 265 g/mol. The molecule has 0 aliphatic heterocycles. The van der Waals surface area contributed by atoms with Crippen molar-refractivity contribution in [3.8, 4) is 0 Å². The maximum absolute atomic E-state index is 11.8. The molecule has 0 bridgehead atoms. The van der Waals surface area contributed by atoms with Crippen LogP contribution >= 0.6 is 22.9 Å². The van der Waals surface area contributed by atoms with Gasteiger partial charge in [-0.05, 0) is 36.1 Å². The SMILES string of the molecule is C[C@@H](NC(=O)c1ccsc1)c1cccc(Cl)c1. The number of hydrogen-bond acceptors (Lipinski definition) is 2. The molecule has 1 atom stereocenters. The Morgan fingerprint density at radius 3 is 2.88 bits per heavy atom. The van der Waals surface area contributed by atoms with Crippen LogP contribution in [0.25, 0.3) is 0 Å². The zero-order valence-corrected chi connectivity index (χ0v) is 10.9. The first-order valence-electron chi connectivity index (χ1n) is 5.25. The van der Waals surface area contributed by atoms with E-state index in [1.807, 2.05) is 48.0 Å². The number of hydrogen-bond donors (Lipinski definition) is 1. The van der Waals surface area contributed by atoms with E-state index in [0.29, 0.717) is 10.6 Å². The topological polar surface area (TPSA) is 29.1 Å². The number of rotatable bonds is 3. The van der Waals surface area contributed by atoms with Crippen molar-refractivity contribution in [1.82, 2.24) is 5.32 Å². The van der Waals surface area contributed by atoms with Crippen LogP contribution in [-0.2, 0) is 0 Å². The number of thiophene rings is 1. The second-order valence-electron chi connectivity index (χ2n) is 3.76. The predicted octanol–water partition coefficient (Wildman–Crippen LogP) is 3.89. The normalized spacial score (nSPS) is 12.1. The molecule has 2 nitrogen and oxygen atoms in total.